The van der Waals surface area contributed by atoms with Gasteiger partial charge in [-0.2, -0.15) is 0 Å². The summed E-state index contributed by atoms with van der Waals surface area (Å²) >= 11 is 6.10. The van der Waals surface area contributed by atoms with E-state index in [0.717, 1.165) is 64.8 Å². The van der Waals surface area contributed by atoms with E-state index in [4.69, 9.17) is 26.1 Å². The van der Waals surface area contributed by atoms with Gasteiger partial charge in [0.2, 0.25) is 0 Å². The predicted octanol–water partition coefficient (Wildman–Crippen LogP) is 5.84. The second kappa shape index (κ2) is 11.8. The summed E-state index contributed by atoms with van der Waals surface area (Å²) in [7, 11) is 1.61. The highest BCUT2D eigenvalue weighted by Gasteiger charge is 2.11. The summed E-state index contributed by atoms with van der Waals surface area (Å²) in [5.74, 6) is 2.49. The number of methoxy groups -OCH3 is 1. The fourth-order valence-corrected chi connectivity index (χ4v) is 4.10. The van der Waals surface area contributed by atoms with Gasteiger partial charge in [0.1, 0.15) is 17.3 Å². The highest BCUT2D eigenvalue weighted by atomic mass is 35.5. The van der Waals surface area contributed by atoms with Crippen LogP contribution in [-0.2, 0) is 13.0 Å². The van der Waals surface area contributed by atoms with Crippen molar-refractivity contribution in [2.75, 3.05) is 20.3 Å². The number of nitrogens with zero attached hydrogens (tertiary/aromatic N) is 2. The van der Waals surface area contributed by atoms with E-state index in [1.54, 1.807) is 31.4 Å². The van der Waals surface area contributed by atoms with Crippen LogP contribution in [0, 0.1) is 6.92 Å². The number of nitrogens with one attached hydrogen (secondary N) is 1. The number of ether oxygens (including phenoxy) is 2. The van der Waals surface area contributed by atoms with Crippen LogP contribution < -0.4 is 14.8 Å². The van der Waals surface area contributed by atoms with Gasteiger partial charge in [0.05, 0.1) is 24.8 Å². The van der Waals surface area contributed by atoms with Crippen LogP contribution in [0.2, 0.25) is 5.02 Å². The molecule has 0 bridgehead atoms. The van der Waals surface area contributed by atoms with Crippen LogP contribution >= 0.6 is 11.6 Å². The Balaban J connectivity index is 1.31. The number of aryl methyl sites for hydroxylation is 3. The molecule has 1 N–H and O–H groups in total. The standard InChI is InChI=1S/C28H30ClN3O3/c1-20-19-23(14-15-24(20)29)35-18-6-17-32-26-8-4-3-7-25(26)31-27(32)9-5-16-30-28(33)21-10-12-22(34-2)13-11-21/h3-4,7-8,10-15,19H,5-6,9,16-18H2,1-2H3,(H,30,33). The van der Waals surface area contributed by atoms with Gasteiger partial charge in [0.15, 0.2) is 0 Å². The largest absolute Gasteiger partial charge is 0.497 e. The third kappa shape index (κ3) is 6.34. The van der Waals surface area contributed by atoms with E-state index in [1.165, 1.54) is 0 Å². The minimum atomic E-state index is -0.0873. The van der Waals surface area contributed by atoms with Crippen molar-refractivity contribution in [2.24, 2.45) is 0 Å². The first kappa shape index (κ1) is 24.6. The van der Waals surface area contributed by atoms with Crippen LogP contribution in [0.4, 0.5) is 0 Å². The lowest BCUT2D eigenvalue weighted by Crippen LogP contribution is -2.25. The normalized spacial score (nSPS) is 10.9. The first-order valence-corrected chi connectivity index (χ1v) is 12.2. The smallest absolute Gasteiger partial charge is 0.251 e. The molecule has 6 nitrogen and oxygen atoms in total. The number of aromatic nitrogens is 2. The number of benzene rings is 3. The molecule has 0 aliphatic rings. The molecule has 1 heterocycles. The average Bonchev–Trinajstić information content (AvgIpc) is 3.23. The average molecular weight is 492 g/mol. The Morgan fingerprint density at radius 3 is 2.57 bits per heavy atom. The zero-order valence-electron chi connectivity index (χ0n) is 20.1. The van der Waals surface area contributed by atoms with Crippen LogP contribution in [0.3, 0.4) is 0 Å². The summed E-state index contributed by atoms with van der Waals surface area (Å²) in [5, 5.41) is 3.74. The molecular formula is C28H30ClN3O3. The van der Waals surface area contributed by atoms with E-state index < -0.39 is 0 Å². The van der Waals surface area contributed by atoms with Gasteiger partial charge in [-0.1, -0.05) is 23.7 Å². The van der Waals surface area contributed by atoms with Gasteiger partial charge in [-0.05, 0) is 79.9 Å². The summed E-state index contributed by atoms with van der Waals surface area (Å²) in [5.41, 5.74) is 3.73. The predicted molar refractivity (Wildman–Crippen MR) is 140 cm³/mol. The number of carbonyl (C=O) groups is 1. The number of imidazole rings is 1. The van der Waals surface area contributed by atoms with Crippen LogP contribution in [0.25, 0.3) is 11.0 Å². The molecule has 0 atom stereocenters. The highest BCUT2D eigenvalue weighted by molar-refractivity contribution is 6.31. The molecule has 0 aliphatic carbocycles. The zero-order valence-corrected chi connectivity index (χ0v) is 20.8. The van der Waals surface area contributed by atoms with Crippen molar-refractivity contribution >= 4 is 28.5 Å². The summed E-state index contributed by atoms with van der Waals surface area (Å²) < 4.78 is 13.3. The Hall–Kier alpha value is -3.51. The molecule has 182 valence electrons. The number of amides is 1. The lowest BCUT2D eigenvalue weighted by atomic mass is 10.2. The van der Waals surface area contributed by atoms with Crippen molar-refractivity contribution in [1.29, 1.82) is 0 Å². The van der Waals surface area contributed by atoms with Gasteiger partial charge >= 0.3 is 0 Å². The molecule has 0 saturated carbocycles. The van der Waals surface area contributed by atoms with Gasteiger partial charge in [-0.15, -0.1) is 0 Å². The quantitative estimate of drug-likeness (QED) is 0.268. The SMILES string of the molecule is COc1ccc(C(=O)NCCCc2nc3ccccc3n2CCCOc2ccc(Cl)c(C)c2)cc1. The molecule has 0 radical (unpaired) electrons. The van der Waals surface area contributed by atoms with Crippen molar-refractivity contribution in [3.05, 3.63) is 88.7 Å². The molecule has 0 fully saturated rings. The van der Waals surface area contributed by atoms with E-state index in [1.807, 2.05) is 43.3 Å². The van der Waals surface area contributed by atoms with Gasteiger partial charge in [-0.3, -0.25) is 4.79 Å². The fraction of sp³-hybridized carbons (Fsp3) is 0.286. The van der Waals surface area contributed by atoms with Gasteiger partial charge < -0.3 is 19.4 Å². The fourth-order valence-electron chi connectivity index (χ4n) is 3.98. The Morgan fingerprint density at radius 2 is 1.80 bits per heavy atom. The zero-order chi connectivity index (χ0) is 24.6. The number of rotatable bonds is 11. The third-order valence-electron chi connectivity index (χ3n) is 5.87. The minimum Gasteiger partial charge on any atom is -0.497 e. The van der Waals surface area contributed by atoms with Gasteiger partial charge in [0, 0.05) is 30.1 Å². The van der Waals surface area contributed by atoms with Crippen molar-refractivity contribution < 1.29 is 14.3 Å². The number of hydrogen-bond donors (Lipinski definition) is 1. The minimum absolute atomic E-state index is 0.0873. The van der Waals surface area contributed by atoms with E-state index >= 15 is 0 Å². The number of halogens is 1. The maximum Gasteiger partial charge on any atom is 0.251 e. The number of hydrogen-bond acceptors (Lipinski definition) is 4. The van der Waals surface area contributed by atoms with E-state index in [2.05, 4.69) is 16.0 Å². The molecule has 35 heavy (non-hydrogen) atoms. The molecule has 1 aromatic heterocycles. The highest BCUT2D eigenvalue weighted by Crippen LogP contribution is 2.22. The molecule has 1 amide bonds. The van der Waals surface area contributed by atoms with Crippen molar-refractivity contribution in [3.63, 3.8) is 0 Å². The summed E-state index contributed by atoms with van der Waals surface area (Å²) in [4.78, 5) is 17.2. The molecule has 0 spiro atoms. The Labute approximate surface area is 210 Å². The Kier molecular flexibility index (Phi) is 8.27. The molecule has 3 aromatic carbocycles. The van der Waals surface area contributed by atoms with E-state index in [9.17, 15) is 4.79 Å². The number of fused-ring (bicyclic) bond motifs is 1. The first-order valence-electron chi connectivity index (χ1n) is 11.8. The monoisotopic (exact) mass is 491 g/mol. The van der Waals surface area contributed by atoms with Crippen molar-refractivity contribution in [1.82, 2.24) is 14.9 Å². The summed E-state index contributed by atoms with van der Waals surface area (Å²) in [6.45, 7) is 3.96. The van der Waals surface area contributed by atoms with Crippen LogP contribution in [0.1, 0.15) is 34.6 Å². The molecule has 4 rings (SSSR count). The lowest BCUT2D eigenvalue weighted by molar-refractivity contribution is 0.0953. The lowest BCUT2D eigenvalue weighted by Gasteiger charge is -2.11. The van der Waals surface area contributed by atoms with Crippen molar-refractivity contribution in [3.8, 4) is 11.5 Å². The molecule has 4 aromatic rings. The second-order valence-corrected chi connectivity index (χ2v) is 8.78. The first-order chi connectivity index (χ1) is 17.0. The van der Waals surface area contributed by atoms with E-state index in [0.29, 0.717) is 18.7 Å². The maximum absolute atomic E-state index is 12.4. The third-order valence-corrected chi connectivity index (χ3v) is 6.30. The number of para-hydroxylation sites is 2. The molecular weight excluding hydrogens is 462 g/mol. The topological polar surface area (TPSA) is 65.4 Å². The van der Waals surface area contributed by atoms with Crippen molar-refractivity contribution in [2.45, 2.75) is 32.7 Å². The number of carbonyl (C=O) groups excluding carboxylic acids is 1. The Morgan fingerprint density at radius 1 is 1.03 bits per heavy atom. The summed E-state index contributed by atoms with van der Waals surface area (Å²) in [6.07, 6.45) is 2.42. The molecule has 0 unspecified atom stereocenters. The van der Waals surface area contributed by atoms with Gasteiger partial charge in [0.25, 0.3) is 5.91 Å². The maximum atomic E-state index is 12.4. The van der Waals surface area contributed by atoms with Crippen LogP contribution in [0.15, 0.2) is 66.7 Å². The van der Waals surface area contributed by atoms with Crippen LogP contribution in [0.5, 0.6) is 11.5 Å². The molecule has 0 saturated heterocycles. The molecule has 7 heteroatoms. The molecule has 0 aliphatic heterocycles. The second-order valence-electron chi connectivity index (χ2n) is 8.37. The van der Waals surface area contributed by atoms with Crippen LogP contribution in [-0.4, -0.2) is 35.7 Å². The Bertz CT molecular complexity index is 1280. The van der Waals surface area contributed by atoms with E-state index in [-0.39, 0.29) is 5.91 Å². The van der Waals surface area contributed by atoms with Gasteiger partial charge in [-0.25, -0.2) is 4.98 Å². The summed E-state index contributed by atoms with van der Waals surface area (Å²) in [6, 6.07) is 21.0.